The van der Waals surface area contributed by atoms with E-state index in [2.05, 4.69) is 158 Å². The molecule has 0 saturated carbocycles. The Morgan fingerprint density at radius 2 is 1.43 bits per heavy atom. The summed E-state index contributed by atoms with van der Waals surface area (Å²) in [4.78, 5) is 2.18. The maximum absolute atomic E-state index is 6.74. The second kappa shape index (κ2) is 7.68. The first kappa shape index (κ1) is 22.6. The van der Waals surface area contributed by atoms with E-state index in [1.54, 1.807) is 0 Å². The topological polar surface area (TPSA) is 39.7 Å². The van der Waals surface area contributed by atoms with E-state index in [0.29, 0.717) is 0 Å². The van der Waals surface area contributed by atoms with Gasteiger partial charge in [0.05, 0.1) is 11.0 Å². The molecule has 3 aromatic heterocycles. The van der Waals surface area contributed by atoms with Gasteiger partial charge in [-0.2, -0.15) is 9.13 Å². The van der Waals surface area contributed by atoms with Crippen molar-refractivity contribution in [3.8, 4) is 45.4 Å². The lowest BCUT2D eigenvalue weighted by molar-refractivity contribution is -1.02. The van der Waals surface area contributed by atoms with E-state index in [-0.39, 0.29) is 0 Å². The van der Waals surface area contributed by atoms with Crippen molar-refractivity contribution in [3.63, 3.8) is 0 Å². The molecule has 0 bridgehead atoms. The van der Waals surface area contributed by atoms with E-state index in [1.165, 1.54) is 27.4 Å². The Morgan fingerprint density at radius 3 is 2.39 bits per heavy atom. The monoisotopic (exact) mass is 565 g/mol. The Labute approximate surface area is 251 Å². The van der Waals surface area contributed by atoms with Crippen molar-refractivity contribution in [1.82, 2.24) is 14.3 Å². The van der Waals surface area contributed by atoms with Crippen molar-refractivity contribution in [2.45, 2.75) is 5.66 Å². The summed E-state index contributed by atoms with van der Waals surface area (Å²) in [5.74, 6) is 2.79. The molecule has 0 aliphatic carbocycles. The lowest BCUT2D eigenvalue weighted by Gasteiger charge is -2.31. The zero-order valence-corrected chi connectivity index (χ0v) is 23.4. The van der Waals surface area contributed by atoms with Crippen molar-refractivity contribution >= 4 is 21.8 Å². The van der Waals surface area contributed by atoms with Gasteiger partial charge in [0, 0.05) is 27.5 Å². The predicted octanol–water partition coefficient (Wildman–Crippen LogP) is 6.91. The minimum absolute atomic E-state index is 0.782. The fourth-order valence-electron chi connectivity index (χ4n) is 7.88. The van der Waals surface area contributed by atoms with Crippen molar-refractivity contribution in [3.05, 3.63) is 151 Å². The van der Waals surface area contributed by atoms with E-state index in [9.17, 15) is 0 Å². The summed E-state index contributed by atoms with van der Waals surface area (Å²) < 4.78 is 13.7. The molecule has 0 fully saturated rings. The van der Waals surface area contributed by atoms with E-state index in [4.69, 9.17) is 9.84 Å². The lowest BCUT2D eigenvalue weighted by atomic mass is 9.84. The average Bonchev–Trinajstić information content (AvgIpc) is 3.75. The highest BCUT2D eigenvalue weighted by Crippen LogP contribution is 2.54. The van der Waals surface area contributed by atoms with Gasteiger partial charge in [0.25, 0.3) is 5.82 Å². The molecule has 1 unspecified atom stereocenters. The largest absolute Gasteiger partial charge is 0.456 e. The molecule has 11 rings (SSSR count). The maximum Gasteiger partial charge on any atom is 0.423 e. The quantitative estimate of drug-likeness (QED) is 0.214. The molecular weight excluding hydrogens is 542 g/mol. The van der Waals surface area contributed by atoms with Crippen LogP contribution in [0.15, 0.2) is 140 Å². The van der Waals surface area contributed by atoms with Crippen LogP contribution in [0.3, 0.4) is 0 Å². The van der Waals surface area contributed by atoms with Crippen molar-refractivity contribution < 1.29 is 14.1 Å². The highest BCUT2D eigenvalue weighted by molar-refractivity contribution is 6.11. The summed E-state index contributed by atoms with van der Waals surface area (Å²) in [7, 11) is 0. The first-order valence-corrected chi connectivity index (χ1v) is 14.9. The third kappa shape index (κ3) is 2.49. The van der Waals surface area contributed by atoms with Gasteiger partial charge in [-0.25, -0.2) is 0 Å². The molecule has 6 heteroatoms. The highest BCUT2D eigenvalue weighted by atomic mass is 16.5. The molecule has 0 amide bonds. The number of nitrogens with zero attached hydrogens (tertiary/aromatic N) is 5. The molecule has 1 spiro atoms. The SMILES string of the molecule is c1ccc(-c2cccc(-c3cn4[n+](n3)C35c6c(cccc6-4)Oc4ccc6c7ccccc7n(c6c43)-c3cccc[n+]35)c2)cc1. The number of ether oxygens (including phenoxy) is 1. The van der Waals surface area contributed by atoms with E-state index < -0.39 is 5.66 Å². The van der Waals surface area contributed by atoms with Crippen molar-refractivity contribution in [2.24, 2.45) is 0 Å². The molecule has 6 heterocycles. The second-order valence-electron chi connectivity index (χ2n) is 11.7. The van der Waals surface area contributed by atoms with Gasteiger partial charge < -0.3 is 4.74 Å². The number of hydrogen-bond acceptors (Lipinski definition) is 2. The first-order valence-electron chi connectivity index (χ1n) is 14.9. The standard InChI is InChI=1S/C38H23N5O/c1-2-10-24(11-3-1)25-12-8-13-26(22-25)29-23-41-31-16-9-17-32-35(31)38(43(41)39-29)36-33(44-32)20-19-28-27-14-4-5-15-30(27)42(37(28)36)34-18-6-7-21-40(34)38/h1-23H/q+2. The van der Waals surface area contributed by atoms with Gasteiger partial charge >= 0.3 is 5.66 Å². The molecule has 6 nitrogen and oxygen atoms in total. The molecule has 44 heavy (non-hydrogen) atoms. The lowest BCUT2D eigenvalue weighted by Crippen LogP contribution is -2.77. The van der Waals surface area contributed by atoms with Gasteiger partial charge in [0.1, 0.15) is 28.9 Å². The van der Waals surface area contributed by atoms with Crippen LogP contribution in [0.5, 0.6) is 11.5 Å². The molecule has 3 aliphatic rings. The van der Waals surface area contributed by atoms with E-state index in [1.807, 2.05) is 0 Å². The Balaban J connectivity index is 1.28. The molecule has 3 aliphatic heterocycles. The summed E-state index contributed by atoms with van der Waals surface area (Å²) in [5.41, 5.74) is 9.17. The average molecular weight is 566 g/mol. The Bertz CT molecular complexity index is 2540. The summed E-state index contributed by atoms with van der Waals surface area (Å²) in [6.07, 6.45) is 4.36. The number of benzene rings is 5. The predicted molar refractivity (Wildman–Crippen MR) is 167 cm³/mol. The summed E-state index contributed by atoms with van der Waals surface area (Å²) in [5, 5.41) is 7.89. The highest BCUT2D eigenvalue weighted by Gasteiger charge is 2.70. The van der Waals surface area contributed by atoms with Crippen molar-refractivity contribution in [1.29, 1.82) is 0 Å². The minimum Gasteiger partial charge on any atom is -0.456 e. The van der Waals surface area contributed by atoms with Gasteiger partial charge in [-0.05, 0) is 59.7 Å². The van der Waals surface area contributed by atoms with Crippen molar-refractivity contribution in [2.75, 3.05) is 0 Å². The summed E-state index contributed by atoms with van der Waals surface area (Å²) in [6, 6.07) is 45.0. The van der Waals surface area contributed by atoms with Gasteiger partial charge in [-0.15, -0.1) is 0 Å². The molecule has 204 valence electrons. The van der Waals surface area contributed by atoms with Crippen LogP contribution in [0.1, 0.15) is 11.1 Å². The van der Waals surface area contributed by atoms with Gasteiger partial charge in [0.2, 0.25) is 0 Å². The summed E-state index contributed by atoms with van der Waals surface area (Å²) >= 11 is 0. The molecule has 0 radical (unpaired) electrons. The number of pyridine rings is 1. The molecule has 0 saturated heterocycles. The Hall–Kier alpha value is -6.01. The van der Waals surface area contributed by atoms with Crippen LogP contribution in [0.4, 0.5) is 0 Å². The molecule has 8 aromatic rings. The van der Waals surface area contributed by atoms with Gasteiger partial charge in [-0.1, -0.05) is 77.5 Å². The van der Waals surface area contributed by atoms with Crippen LogP contribution < -0.4 is 14.1 Å². The molecule has 1 atom stereocenters. The number of rotatable bonds is 2. The smallest absolute Gasteiger partial charge is 0.423 e. The number of aromatic nitrogens is 5. The van der Waals surface area contributed by atoms with Gasteiger partial charge in [-0.3, -0.25) is 0 Å². The van der Waals surface area contributed by atoms with Crippen LogP contribution >= 0.6 is 0 Å². The normalized spacial score (nSPS) is 16.5. The number of hydrogen-bond donors (Lipinski definition) is 0. The molecular formula is C38H23N5O+2. The van der Waals surface area contributed by atoms with E-state index in [0.717, 1.165) is 50.9 Å². The zero-order valence-electron chi connectivity index (χ0n) is 23.4. The summed E-state index contributed by atoms with van der Waals surface area (Å²) in [6.45, 7) is 0. The number of fused-ring (bicyclic) bond motifs is 7. The van der Waals surface area contributed by atoms with Crippen LogP contribution in [-0.4, -0.2) is 14.3 Å². The second-order valence-corrected chi connectivity index (χ2v) is 11.7. The van der Waals surface area contributed by atoms with Crippen LogP contribution in [-0.2, 0) is 5.66 Å². The first-order chi connectivity index (χ1) is 21.8. The Morgan fingerprint density at radius 1 is 0.636 bits per heavy atom. The van der Waals surface area contributed by atoms with Crippen LogP contribution in [0.25, 0.3) is 55.7 Å². The molecule has 0 N–H and O–H groups in total. The number of para-hydroxylation sites is 1. The maximum atomic E-state index is 6.74. The minimum atomic E-state index is -0.782. The fraction of sp³-hybridized carbons (Fsp3) is 0.0263. The third-order valence-electron chi connectivity index (χ3n) is 9.59. The molecule has 5 aromatic carbocycles. The van der Waals surface area contributed by atoms with Gasteiger partial charge in [0.15, 0.2) is 22.3 Å². The van der Waals surface area contributed by atoms with Crippen LogP contribution in [0.2, 0.25) is 0 Å². The fourth-order valence-corrected chi connectivity index (χ4v) is 7.88. The Kier molecular flexibility index (Phi) is 3.94. The van der Waals surface area contributed by atoms with E-state index >= 15 is 0 Å². The van der Waals surface area contributed by atoms with Crippen LogP contribution in [0, 0.1) is 0 Å². The third-order valence-corrected chi connectivity index (χ3v) is 9.59. The zero-order chi connectivity index (χ0) is 28.6.